The van der Waals surface area contributed by atoms with Crippen LogP contribution in [0.4, 0.5) is 21.6 Å². The summed E-state index contributed by atoms with van der Waals surface area (Å²) in [7, 11) is 3.21. The van der Waals surface area contributed by atoms with Gasteiger partial charge in [0.15, 0.2) is 17.2 Å². The topological polar surface area (TPSA) is 147 Å². The number of imidazole rings is 1. The molecule has 13 heteroatoms. The molecule has 1 aliphatic rings. The van der Waals surface area contributed by atoms with Gasteiger partial charge >= 0.3 is 0 Å². The minimum Gasteiger partial charge on any atom is -0.385 e. The van der Waals surface area contributed by atoms with Gasteiger partial charge in [-0.05, 0) is 24.3 Å². The standard InChI is InChI=1S/C23H22FN9O3/c1-25-16-9-18(31-33-17(11-28-20(16)33)22(35)30-15-8-13(15)24)29-14-4-3-7-32(23(14)36)19-6-5-12(10-27-19)21(34)26-2/h3-7,9-11,13,15,25H,8H2,1-2H3,(H,26,34)(H,29,31)(H,30,35). The van der Waals surface area contributed by atoms with Crippen LogP contribution < -0.4 is 26.8 Å². The molecule has 12 nitrogen and oxygen atoms in total. The molecule has 1 fully saturated rings. The second kappa shape index (κ2) is 9.09. The molecule has 0 aromatic carbocycles. The fourth-order valence-electron chi connectivity index (χ4n) is 3.64. The van der Waals surface area contributed by atoms with E-state index >= 15 is 0 Å². The van der Waals surface area contributed by atoms with Crippen molar-refractivity contribution in [3.8, 4) is 5.82 Å². The number of nitrogens with zero attached hydrogens (tertiary/aromatic N) is 5. The molecule has 4 N–H and O–H groups in total. The van der Waals surface area contributed by atoms with Crippen LogP contribution in [0, 0.1) is 0 Å². The van der Waals surface area contributed by atoms with Gasteiger partial charge < -0.3 is 21.3 Å². The van der Waals surface area contributed by atoms with Crippen molar-refractivity contribution in [3.05, 3.63) is 70.5 Å². The number of anilines is 3. The molecule has 2 unspecified atom stereocenters. The Labute approximate surface area is 203 Å². The van der Waals surface area contributed by atoms with Gasteiger partial charge in [0.25, 0.3) is 17.4 Å². The van der Waals surface area contributed by atoms with Crippen molar-refractivity contribution in [1.29, 1.82) is 0 Å². The molecular formula is C23H22FN9O3. The van der Waals surface area contributed by atoms with Crippen LogP contribution in [0.5, 0.6) is 0 Å². The highest BCUT2D eigenvalue weighted by Gasteiger charge is 2.39. The number of hydrogen-bond donors (Lipinski definition) is 4. The summed E-state index contributed by atoms with van der Waals surface area (Å²) in [5.41, 5.74) is 1.25. The lowest BCUT2D eigenvalue weighted by Gasteiger charge is -2.12. The maximum absolute atomic E-state index is 13.3. The van der Waals surface area contributed by atoms with Gasteiger partial charge in [-0.25, -0.2) is 18.9 Å². The van der Waals surface area contributed by atoms with Crippen LogP contribution in [0.15, 0.2) is 53.7 Å². The van der Waals surface area contributed by atoms with Gasteiger partial charge in [0.1, 0.15) is 17.7 Å². The summed E-state index contributed by atoms with van der Waals surface area (Å²) >= 11 is 0. The molecule has 1 saturated carbocycles. The van der Waals surface area contributed by atoms with Gasteiger partial charge in [0, 0.05) is 39.0 Å². The van der Waals surface area contributed by atoms with Crippen molar-refractivity contribution in [2.75, 3.05) is 24.7 Å². The minimum atomic E-state index is -1.04. The fraction of sp³-hybridized carbons (Fsp3) is 0.217. The van der Waals surface area contributed by atoms with Gasteiger partial charge in [-0.2, -0.15) is 0 Å². The van der Waals surface area contributed by atoms with E-state index in [1.165, 1.54) is 28.5 Å². The van der Waals surface area contributed by atoms with Crippen molar-refractivity contribution >= 4 is 34.7 Å². The summed E-state index contributed by atoms with van der Waals surface area (Å²) in [4.78, 5) is 46.0. The van der Waals surface area contributed by atoms with Crippen molar-refractivity contribution in [3.63, 3.8) is 0 Å². The predicted octanol–water partition coefficient (Wildman–Crippen LogP) is 1.26. The zero-order valence-electron chi connectivity index (χ0n) is 19.3. The average molecular weight is 491 g/mol. The first-order valence-electron chi connectivity index (χ1n) is 11.1. The third-order valence-electron chi connectivity index (χ3n) is 5.69. The highest BCUT2D eigenvalue weighted by Crippen LogP contribution is 2.26. The molecule has 0 bridgehead atoms. The summed E-state index contributed by atoms with van der Waals surface area (Å²) in [5, 5.41) is 15.5. The molecule has 4 heterocycles. The largest absolute Gasteiger partial charge is 0.385 e. The van der Waals surface area contributed by atoms with E-state index in [1.807, 2.05) is 0 Å². The van der Waals surface area contributed by atoms with Crippen molar-refractivity contribution < 1.29 is 14.0 Å². The summed E-state index contributed by atoms with van der Waals surface area (Å²) in [6, 6.07) is 7.52. The third kappa shape index (κ3) is 4.21. The van der Waals surface area contributed by atoms with E-state index in [-0.39, 0.29) is 29.5 Å². The lowest BCUT2D eigenvalue weighted by Crippen LogP contribution is -2.28. The first-order chi connectivity index (χ1) is 17.4. The Morgan fingerprint density at radius 1 is 1.08 bits per heavy atom. The minimum absolute atomic E-state index is 0.134. The molecule has 0 spiro atoms. The normalized spacial score (nSPS) is 16.4. The Morgan fingerprint density at radius 3 is 2.56 bits per heavy atom. The number of carbonyl (C=O) groups is 2. The van der Waals surface area contributed by atoms with Gasteiger partial charge in [-0.3, -0.25) is 19.0 Å². The van der Waals surface area contributed by atoms with E-state index in [4.69, 9.17) is 0 Å². The Balaban J connectivity index is 1.47. The molecule has 0 saturated heterocycles. The van der Waals surface area contributed by atoms with Crippen LogP contribution in [0.25, 0.3) is 11.5 Å². The first-order valence-corrected chi connectivity index (χ1v) is 11.1. The maximum atomic E-state index is 13.3. The number of pyridine rings is 2. The van der Waals surface area contributed by atoms with E-state index in [9.17, 15) is 18.8 Å². The number of nitrogens with one attached hydrogen (secondary N) is 4. The second-order valence-electron chi connectivity index (χ2n) is 8.11. The lowest BCUT2D eigenvalue weighted by molar-refractivity contribution is 0.0938. The molecule has 2 atom stereocenters. The van der Waals surface area contributed by atoms with E-state index in [0.29, 0.717) is 22.7 Å². The molecule has 4 aromatic rings. The van der Waals surface area contributed by atoms with Crippen LogP contribution in [0.2, 0.25) is 0 Å². The third-order valence-corrected chi connectivity index (χ3v) is 5.69. The second-order valence-corrected chi connectivity index (χ2v) is 8.11. The number of alkyl halides is 1. The Hall–Kier alpha value is -4.81. The maximum Gasteiger partial charge on any atom is 0.279 e. The van der Waals surface area contributed by atoms with E-state index in [1.54, 1.807) is 43.6 Å². The van der Waals surface area contributed by atoms with Gasteiger partial charge in [0.2, 0.25) is 0 Å². The molecule has 5 rings (SSSR count). The molecule has 2 amide bonds. The van der Waals surface area contributed by atoms with Gasteiger partial charge in [-0.15, -0.1) is 5.10 Å². The number of carbonyl (C=O) groups excluding carboxylic acids is 2. The van der Waals surface area contributed by atoms with Gasteiger partial charge in [0.05, 0.1) is 23.5 Å². The van der Waals surface area contributed by atoms with E-state index < -0.39 is 23.7 Å². The summed E-state index contributed by atoms with van der Waals surface area (Å²) in [6.45, 7) is 0. The monoisotopic (exact) mass is 491 g/mol. The highest BCUT2D eigenvalue weighted by atomic mass is 19.1. The smallest absolute Gasteiger partial charge is 0.279 e. The Morgan fingerprint density at radius 2 is 1.89 bits per heavy atom. The van der Waals surface area contributed by atoms with E-state index in [0.717, 1.165) is 0 Å². The molecule has 0 radical (unpaired) electrons. The molecule has 184 valence electrons. The summed E-state index contributed by atoms with van der Waals surface area (Å²) in [5.74, 6) is -0.178. The Kier molecular flexibility index (Phi) is 5.80. The van der Waals surface area contributed by atoms with Crippen LogP contribution in [0.1, 0.15) is 27.3 Å². The fourth-order valence-corrected chi connectivity index (χ4v) is 3.64. The van der Waals surface area contributed by atoms with Crippen LogP contribution in [-0.2, 0) is 0 Å². The number of rotatable bonds is 7. The van der Waals surface area contributed by atoms with Crippen LogP contribution in [0.3, 0.4) is 0 Å². The lowest BCUT2D eigenvalue weighted by atomic mass is 10.2. The number of halogens is 1. The van der Waals surface area contributed by atoms with Crippen LogP contribution in [-0.4, -0.2) is 62.3 Å². The van der Waals surface area contributed by atoms with Crippen molar-refractivity contribution in [1.82, 2.24) is 34.8 Å². The molecule has 4 aromatic heterocycles. The zero-order chi connectivity index (χ0) is 25.4. The number of fused-ring (bicyclic) bond motifs is 1. The van der Waals surface area contributed by atoms with E-state index in [2.05, 4.69) is 36.3 Å². The highest BCUT2D eigenvalue weighted by molar-refractivity contribution is 5.94. The summed E-state index contributed by atoms with van der Waals surface area (Å²) < 4.78 is 15.9. The van der Waals surface area contributed by atoms with Crippen molar-refractivity contribution in [2.24, 2.45) is 0 Å². The molecule has 0 aliphatic heterocycles. The number of aromatic nitrogens is 5. The predicted molar refractivity (Wildman–Crippen MR) is 130 cm³/mol. The molecule has 1 aliphatic carbocycles. The van der Waals surface area contributed by atoms with Gasteiger partial charge in [-0.1, -0.05) is 0 Å². The SMILES string of the molecule is CNC(=O)c1ccc(-n2cccc(Nc3cc(NC)c4ncc(C(=O)NC5CC5F)n4n3)c2=O)nc1. The quantitative estimate of drug-likeness (QED) is 0.302. The summed E-state index contributed by atoms with van der Waals surface area (Å²) in [6.07, 6.45) is 3.55. The van der Waals surface area contributed by atoms with Crippen LogP contribution >= 0.6 is 0 Å². The Bertz CT molecular complexity index is 1530. The zero-order valence-corrected chi connectivity index (χ0v) is 19.3. The first kappa shape index (κ1) is 23.0. The average Bonchev–Trinajstić information content (AvgIpc) is 3.41. The molecule has 36 heavy (non-hydrogen) atoms. The number of hydrogen-bond acceptors (Lipinski definition) is 8. The molecular weight excluding hydrogens is 469 g/mol. The van der Waals surface area contributed by atoms with Crippen molar-refractivity contribution in [2.45, 2.75) is 18.6 Å². The number of amides is 2.